The molecular formula is C16H16N2O3S. The quantitative estimate of drug-likeness (QED) is 0.855. The highest BCUT2D eigenvalue weighted by Gasteiger charge is 2.45. The summed E-state index contributed by atoms with van der Waals surface area (Å²) in [6.45, 7) is 1.87. The Morgan fingerprint density at radius 2 is 2.23 bits per heavy atom. The van der Waals surface area contributed by atoms with Gasteiger partial charge in [0.25, 0.3) is 5.91 Å². The number of amides is 2. The molecular weight excluding hydrogens is 300 g/mol. The van der Waals surface area contributed by atoms with Gasteiger partial charge < -0.3 is 14.2 Å². The van der Waals surface area contributed by atoms with Gasteiger partial charge in [0.05, 0.1) is 17.9 Å². The van der Waals surface area contributed by atoms with Gasteiger partial charge in [-0.3, -0.25) is 9.59 Å². The van der Waals surface area contributed by atoms with E-state index < -0.39 is 0 Å². The summed E-state index contributed by atoms with van der Waals surface area (Å²) in [5, 5.41) is 3.98. The van der Waals surface area contributed by atoms with Crippen molar-refractivity contribution in [3.8, 4) is 0 Å². The second-order valence-electron chi connectivity index (χ2n) is 5.81. The minimum absolute atomic E-state index is 0.0902. The van der Waals surface area contributed by atoms with Crippen LogP contribution in [0.2, 0.25) is 0 Å². The largest absolute Gasteiger partial charge is 0.459 e. The summed E-state index contributed by atoms with van der Waals surface area (Å²) in [6, 6.07) is 5.35. The Morgan fingerprint density at radius 3 is 2.95 bits per heavy atom. The Labute approximate surface area is 132 Å². The van der Waals surface area contributed by atoms with Gasteiger partial charge in [-0.1, -0.05) is 0 Å². The van der Waals surface area contributed by atoms with Crippen LogP contribution in [-0.4, -0.2) is 36.3 Å². The topological polar surface area (TPSA) is 53.8 Å². The van der Waals surface area contributed by atoms with Crippen molar-refractivity contribution in [3.63, 3.8) is 0 Å². The lowest BCUT2D eigenvalue weighted by atomic mass is 9.88. The SMILES string of the molecule is O=C(c1ccco1)N1CC2CCN(c3ccsc3)C(=O)C2C1. The summed E-state index contributed by atoms with van der Waals surface area (Å²) in [5.74, 6) is 0.549. The van der Waals surface area contributed by atoms with Gasteiger partial charge in [0.2, 0.25) is 5.91 Å². The van der Waals surface area contributed by atoms with E-state index in [1.807, 2.05) is 21.7 Å². The van der Waals surface area contributed by atoms with Crippen LogP contribution in [0.3, 0.4) is 0 Å². The van der Waals surface area contributed by atoms with Crippen molar-refractivity contribution in [1.82, 2.24) is 4.90 Å². The van der Waals surface area contributed by atoms with Crippen LogP contribution in [-0.2, 0) is 4.79 Å². The van der Waals surface area contributed by atoms with E-state index in [1.54, 1.807) is 28.4 Å². The summed E-state index contributed by atoms with van der Waals surface area (Å²) < 4.78 is 5.18. The summed E-state index contributed by atoms with van der Waals surface area (Å²) in [4.78, 5) is 28.7. The van der Waals surface area contributed by atoms with E-state index in [0.717, 1.165) is 18.7 Å². The Hall–Kier alpha value is -2.08. The summed E-state index contributed by atoms with van der Waals surface area (Å²) in [6.07, 6.45) is 2.44. The first-order chi connectivity index (χ1) is 10.7. The number of hydrogen-bond acceptors (Lipinski definition) is 4. The lowest BCUT2D eigenvalue weighted by molar-refractivity contribution is -0.124. The average Bonchev–Trinajstić information content (AvgIpc) is 3.27. The zero-order valence-electron chi connectivity index (χ0n) is 12.0. The molecule has 114 valence electrons. The molecule has 4 heterocycles. The molecule has 2 saturated heterocycles. The van der Waals surface area contributed by atoms with Crippen LogP contribution >= 0.6 is 11.3 Å². The van der Waals surface area contributed by atoms with Crippen LogP contribution < -0.4 is 4.90 Å². The second-order valence-corrected chi connectivity index (χ2v) is 6.59. The van der Waals surface area contributed by atoms with Gasteiger partial charge in [-0.15, -0.1) is 0 Å². The van der Waals surface area contributed by atoms with Gasteiger partial charge in [0.1, 0.15) is 0 Å². The van der Waals surface area contributed by atoms with E-state index in [0.29, 0.717) is 18.8 Å². The van der Waals surface area contributed by atoms with Crippen LogP contribution in [0.15, 0.2) is 39.6 Å². The van der Waals surface area contributed by atoms with Crippen molar-refractivity contribution in [1.29, 1.82) is 0 Å². The van der Waals surface area contributed by atoms with Crippen molar-refractivity contribution >= 4 is 28.8 Å². The first-order valence-corrected chi connectivity index (χ1v) is 8.34. The average molecular weight is 316 g/mol. The highest BCUT2D eigenvalue weighted by atomic mass is 32.1. The first kappa shape index (κ1) is 13.6. The summed E-state index contributed by atoms with van der Waals surface area (Å²) in [5.41, 5.74) is 0.976. The van der Waals surface area contributed by atoms with Crippen molar-refractivity contribution in [2.24, 2.45) is 11.8 Å². The Kier molecular flexibility index (Phi) is 3.26. The van der Waals surface area contributed by atoms with Crippen molar-refractivity contribution in [3.05, 3.63) is 41.0 Å². The van der Waals surface area contributed by atoms with Crippen LogP contribution in [0.25, 0.3) is 0 Å². The molecule has 0 bridgehead atoms. The van der Waals surface area contributed by atoms with E-state index >= 15 is 0 Å². The maximum atomic E-state index is 12.7. The Morgan fingerprint density at radius 1 is 1.32 bits per heavy atom. The van der Waals surface area contributed by atoms with Gasteiger partial charge in [0.15, 0.2) is 5.76 Å². The summed E-state index contributed by atoms with van der Waals surface area (Å²) in [7, 11) is 0. The third kappa shape index (κ3) is 2.14. The minimum Gasteiger partial charge on any atom is -0.459 e. The van der Waals surface area contributed by atoms with Gasteiger partial charge in [-0.25, -0.2) is 0 Å². The minimum atomic E-state index is -0.116. The highest BCUT2D eigenvalue weighted by molar-refractivity contribution is 7.08. The Balaban J connectivity index is 1.51. The molecule has 2 atom stereocenters. The third-order valence-electron chi connectivity index (χ3n) is 4.58. The van der Waals surface area contributed by atoms with Gasteiger partial charge in [-0.05, 0) is 35.9 Å². The van der Waals surface area contributed by atoms with Crippen LogP contribution in [0.1, 0.15) is 17.0 Å². The fourth-order valence-electron chi connectivity index (χ4n) is 3.44. The second kappa shape index (κ2) is 5.28. The van der Waals surface area contributed by atoms with Crippen LogP contribution in [0.5, 0.6) is 0 Å². The number of likely N-dealkylation sites (tertiary alicyclic amines) is 1. The van der Waals surface area contributed by atoms with Gasteiger partial charge >= 0.3 is 0 Å². The monoisotopic (exact) mass is 316 g/mol. The predicted molar refractivity (Wildman–Crippen MR) is 82.9 cm³/mol. The number of piperidine rings is 1. The molecule has 0 aromatic carbocycles. The number of carbonyl (C=O) groups excluding carboxylic acids is 2. The number of thiophene rings is 1. The smallest absolute Gasteiger partial charge is 0.289 e. The van der Waals surface area contributed by atoms with Crippen LogP contribution in [0, 0.1) is 11.8 Å². The molecule has 2 aromatic heterocycles. The van der Waals surface area contributed by atoms with E-state index in [2.05, 4.69) is 0 Å². The van der Waals surface area contributed by atoms with Crippen molar-refractivity contribution < 1.29 is 14.0 Å². The number of rotatable bonds is 2. The number of nitrogens with zero attached hydrogens (tertiary/aromatic N) is 2. The first-order valence-electron chi connectivity index (χ1n) is 7.40. The molecule has 2 unspecified atom stereocenters. The molecule has 5 nitrogen and oxygen atoms in total. The molecule has 2 aliphatic heterocycles. The highest BCUT2D eigenvalue weighted by Crippen LogP contribution is 2.35. The van der Waals surface area contributed by atoms with E-state index in [9.17, 15) is 9.59 Å². The molecule has 0 N–H and O–H groups in total. The van der Waals surface area contributed by atoms with Gasteiger partial charge in [-0.2, -0.15) is 11.3 Å². The summed E-state index contributed by atoms with van der Waals surface area (Å²) >= 11 is 1.59. The zero-order chi connectivity index (χ0) is 15.1. The normalized spacial score (nSPS) is 24.6. The molecule has 2 aromatic rings. The molecule has 6 heteroatoms. The molecule has 4 rings (SSSR count). The number of furan rings is 1. The molecule has 0 spiro atoms. The third-order valence-corrected chi connectivity index (χ3v) is 5.26. The molecule has 0 radical (unpaired) electrons. The predicted octanol–water partition coefficient (Wildman–Crippen LogP) is 2.47. The number of hydrogen-bond donors (Lipinski definition) is 0. The van der Waals surface area contributed by atoms with Gasteiger partial charge in [0, 0.05) is 25.0 Å². The van der Waals surface area contributed by atoms with Crippen molar-refractivity contribution in [2.75, 3.05) is 24.5 Å². The van der Waals surface area contributed by atoms with E-state index in [-0.39, 0.29) is 23.7 Å². The molecule has 2 amide bonds. The zero-order valence-corrected chi connectivity index (χ0v) is 12.8. The number of anilines is 1. The molecule has 0 aliphatic carbocycles. The molecule has 2 aliphatic rings. The molecule has 22 heavy (non-hydrogen) atoms. The maximum absolute atomic E-state index is 12.7. The fourth-order valence-corrected chi connectivity index (χ4v) is 4.08. The lowest BCUT2D eigenvalue weighted by Crippen LogP contribution is -2.45. The van der Waals surface area contributed by atoms with Crippen molar-refractivity contribution in [2.45, 2.75) is 6.42 Å². The van der Waals surface area contributed by atoms with E-state index in [1.165, 1.54) is 6.26 Å². The Bertz CT molecular complexity index is 680. The van der Waals surface area contributed by atoms with Crippen LogP contribution in [0.4, 0.5) is 5.69 Å². The molecule has 0 saturated carbocycles. The van der Waals surface area contributed by atoms with E-state index in [4.69, 9.17) is 4.42 Å². The molecule has 2 fully saturated rings. The standard InChI is InChI=1S/C16H16N2O3S/c19-15-13-9-17(16(20)14-2-1-6-21-14)8-11(13)3-5-18(15)12-4-7-22-10-12/h1-2,4,6-7,10-11,13H,3,5,8-9H2. The maximum Gasteiger partial charge on any atom is 0.289 e. The lowest BCUT2D eigenvalue weighted by Gasteiger charge is -2.33. The fraction of sp³-hybridized carbons (Fsp3) is 0.375. The number of fused-ring (bicyclic) bond motifs is 1. The number of carbonyl (C=O) groups is 2.